The van der Waals surface area contributed by atoms with Gasteiger partial charge in [0.05, 0.1) is 5.56 Å². The summed E-state index contributed by atoms with van der Waals surface area (Å²) < 4.78 is 4.94. The Kier molecular flexibility index (Phi) is 4.29. The first-order chi connectivity index (χ1) is 8.02. The first-order valence-electron chi connectivity index (χ1n) is 5.07. The molecule has 1 N–H and O–H groups in total. The fraction of sp³-hybridized carbons (Fsp3) is 0.231. The van der Waals surface area contributed by atoms with Gasteiger partial charge < -0.3 is 10.1 Å². The Morgan fingerprint density at radius 1 is 1.35 bits per heavy atom. The molecule has 1 atom stereocenters. The van der Waals surface area contributed by atoms with E-state index in [1.165, 1.54) is 6.92 Å². The molecule has 0 saturated heterocycles. The number of hydrogen-bond acceptors (Lipinski definition) is 3. The van der Waals surface area contributed by atoms with Crippen molar-refractivity contribution >= 4 is 17.6 Å². The van der Waals surface area contributed by atoms with Gasteiger partial charge in [-0.2, -0.15) is 0 Å². The molecule has 0 bridgehead atoms. The van der Waals surface area contributed by atoms with Crippen molar-refractivity contribution in [3.05, 3.63) is 29.8 Å². The molecule has 0 aliphatic carbocycles. The molecule has 0 saturated carbocycles. The Bertz CT molecular complexity index is 457. The van der Waals surface area contributed by atoms with E-state index in [2.05, 4.69) is 11.2 Å². The van der Waals surface area contributed by atoms with E-state index in [0.717, 1.165) is 0 Å². The number of terminal acetylenes is 1. The highest BCUT2D eigenvalue weighted by Crippen LogP contribution is 2.11. The van der Waals surface area contributed by atoms with Crippen LogP contribution in [0, 0.1) is 12.3 Å². The second kappa shape index (κ2) is 5.71. The summed E-state index contributed by atoms with van der Waals surface area (Å²) in [5.74, 6) is 1.66. The molecule has 4 heteroatoms. The summed E-state index contributed by atoms with van der Waals surface area (Å²) in [5, 5.41) is 2.60. The van der Waals surface area contributed by atoms with Crippen molar-refractivity contribution in [1.82, 2.24) is 0 Å². The van der Waals surface area contributed by atoms with Gasteiger partial charge in [-0.3, -0.25) is 4.79 Å². The summed E-state index contributed by atoms with van der Waals surface area (Å²) in [6.07, 6.45) is 4.54. The van der Waals surface area contributed by atoms with E-state index in [0.29, 0.717) is 11.3 Å². The maximum absolute atomic E-state index is 11.5. The van der Waals surface area contributed by atoms with Crippen molar-refractivity contribution in [2.75, 3.05) is 5.32 Å². The SMILES string of the molecule is C#C[C@@H](C)OC(=O)c1ccc(NC(C)=O)cc1. The number of benzene rings is 1. The predicted molar refractivity (Wildman–Crippen MR) is 64.5 cm³/mol. The topological polar surface area (TPSA) is 55.4 Å². The van der Waals surface area contributed by atoms with Gasteiger partial charge in [-0.15, -0.1) is 6.42 Å². The number of hydrogen-bond donors (Lipinski definition) is 1. The number of amides is 1. The third-order valence-electron chi connectivity index (χ3n) is 1.96. The second-order valence-corrected chi connectivity index (χ2v) is 3.47. The van der Waals surface area contributed by atoms with Crippen LogP contribution in [0.5, 0.6) is 0 Å². The van der Waals surface area contributed by atoms with E-state index in [4.69, 9.17) is 11.2 Å². The van der Waals surface area contributed by atoms with Crippen molar-refractivity contribution in [3.63, 3.8) is 0 Å². The molecule has 0 heterocycles. The van der Waals surface area contributed by atoms with Gasteiger partial charge in [0.15, 0.2) is 6.10 Å². The molecule has 0 radical (unpaired) electrons. The fourth-order valence-electron chi connectivity index (χ4n) is 1.16. The molecule has 4 nitrogen and oxygen atoms in total. The van der Waals surface area contributed by atoms with Crippen LogP contribution in [0.1, 0.15) is 24.2 Å². The van der Waals surface area contributed by atoms with Gasteiger partial charge in [-0.05, 0) is 31.2 Å². The van der Waals surface area contributed by atoms with E-state index >= 15 is 0 Å². The molecule has 1 rings (SSSR count). The van der Waals surface area contributed by atoms with Crippen LogP contribution in [0.25, 0.3) is 0 Å². The minimum Gasteiger partial charge on any atom is -0.446 e. The van der Waals surface area contributed by atoms with Gasteiger partial charge in [-0.25, -0.2) is 4.79 Å². The molecule has 0 aliphatic rings. The molecule has 1 aromatic carbocycles. The normalized spacial score (nSPS) is 11.1. The first-order valence-corrected chi connectivity index (χ1v) is 5.07. The van der Waals surface area contributed by atoms with E-state index in [-0.39, 0.29) is 5.91 Å². The molecular weight excluding hydrogens is 218 g/mol. The molecule has 1 aromatic rings. The van der Waals surface area contributed by atoms with Gasteiger partial charge >= 0.3 is 5.97 Å². The van der Waals surface area contributed by atoms with Crippen LogP contribution in [0.4, 0.5) is 5.69 Å². The third-order valence-corrected chi connectivity index (χ3v) is 1.96. The van der Waals surface area contributed by atoms with Crippen molar-refractivity contribution in [1.29, 1.82) is 0 Å². The second-order valence-electron chi connectivity index (χ2n) is 3.47. The lowest BCUT2D eigenvalue weighted by Gasteiger charge is -2.07. The van der Waals surface area contributed by atoms with Crippen LogP contribution in [0.2, 0.25) is 0 Å². The lowest BCUT2D eigenvalue weighted by atomic mass is 10.2. The quantitative estimate of drug-likeness (QED) is 0.637. The highest BCUT2D eigenvalue weighted by molar-refractivity contribution is 5.92. The molecule has 1 amide bonds. The summed E-state index contributed by atoms with van der Waals surface area (Å²) >= 11 is 0. The fourth-order valence-corrected chi connectivity index (χ4v) is 1.16. The molecule has 17 heavy (non-hydrogen) atoms. The number of anilines is 1. The highest BCUT2D eigenvalue weighted by Gasteiger charge is 2.09. The molecule has 0 aliphatic heterocycles. The third kappa shape index (κ3) is 3.99. The van der Waals surface area contributed by atoms with Crippen molar-refractivity contribution < 1.29 is 14.3 Å². The lowest BCUT2D eigenvalue weighted by Crippen LogP contribution is -2.13. The van der Waals surface area contributed by atoms with Crippen LogP contribution < -0.4 is 5.32 Å². The first kappa shape index (κ1) is 12.8. The minimum absolute atomic E-state index is 0.165. The van der Waals surface area contributed by atoms with Crippen molar-refractivity contribution in [2.24, 2.45) is 0 Å². The van der Waals surface area contributed by atoms with Crippen LogP contribution in [-0.2, 0) is 9.53 Å². The number of carbonyl (C=O) groups excluding carboxylic acids is 2. The zero-order chi connectivity index (χ0) is 12.8. The van der Waals surface area contributed by atoms with Gasteiger partial charge in [-0.1, -0.05) is 5.92 Å². The number of carbonyl (C=O) groups is 2. The van der Waals surface area contributed by atoms with E-state index in [9.17, 15) is 9.59 Å². The summed E-state index contributed by atoms with van der Waals surface area (Å²) in [5.41, 5.74) is 1.01. The Balaban J connectivity index is 2.71. The number of ether oxygens (including phenoxy) is 1. The van der Waals surface area contributed by atoms with Gasteiger partial charge in [0.2, 0.25) is 5.91 Å². The predicted octanol–water partition coefficient (Wildman–Crippen LogP) is 1.82. The smallest absolute Gasteiger partial charge is 0.339 e. The molecule has 0 spiro atoms. The Morgan fingerprint density at radius 2 is 1.94 bits per heavy atom. The highest BCUT2D eigenvalue weighted by atomic mass is 16.5. The maximum Gasteiger partial charge on any atom is 0.339 e. The lowest BCUT2D eigenvalue weighted by molar-refractivity contribution is -0.114. The summed E-state index contributed by atoms with van der Waals surface area (Å²) in [6.45, 7) is 3.03. The number of esters is 1. The van der Waals surface area contributed by atoms with Crippen LogP contribution in [0.15, 0.2) is 24.3 Å². The van der Waals surface area contributed by atoms with Crippen LogP contribution >= 0.6 is 0 Å². The molecule has 88 valence electrons. The maximum atomic E-state index is 11.5. The van der Waals surface area contributed by atoms with E-state index < -0.39 is 12.1 Å². The monoisotopic (exact) mass is 231 g/mol. The minimum atomic E-state index is -0.558. The summed E-state index contributed by atoms with van der Waals surface area (Å²) in [6, 6.07) is 6.38. The Labute approximate surface area is 100.0 Å². The average Bonchev–Trinajstić information content (AvgIpc) is 2.28. The van der Waals surface area contributed by atoms with Crippen molar-refractivity contribution in [3.8, 4) is 12.3 Å². The molecule has 0 fully saturated rings. The van der Waals surface area contributed by atoms with Crippen LogP contribution in [-0.4, -0.2) is 18.0 Å². The average molecular weight is 231 g/mol. The molecule has 0 unspecified atom stereocenters. The van der Waals surface area contributed by atoms with E-state index in [1.54, 1.807) is 31.2 Å². The molecular formula is C13H13NO3. The standard InChI is InChI=1S/C13H13NO3/c1-4-9(2)17-13(16)11-5-7-12(8-6-11)14-10(3)15/h1,5-9H,2-3H3,(H,14,15)/t9-/m1/s1. The number of rotatable bonds is 3. The largest absolute Gasteiger partial charge is 0.446 e. The number of nitrogens with one attached hydrogen (secondary N) is 1. The van der Waals surface area contributed by atoms with Gasteiger partial charge in [0, 0.05) is 12.6 Å². The Hall–Kier alpha value is -2.28. The van der Waals surface area contributed by atoms with Crippen molar-refractivity contribution in [2.45, 2.75) is 20.0 Å². The molecule has 0 aromatic heterocycles. The van der Waals surface area contributed by atoms with Gasteiger partial charge in [0.1, 0.15) is 0 Å². The van der Waals surface area contributed by atoms with Gasteiger partial charge in [0.25, 0.3) is 0 Å². The zero-order valence-corrected chi connectivity index (χ0v) is 9.69. The van der Waals surface area contributed by atoms with E-state index in [1.807, 2.05) is 0 Å². The zero-order valence-electron chi connectivity index (χ0n) is 9.69. The Morgan fingerprint density at radius 3 is 2.41 bits per heavy atom. The summed E-state index contributed by atoms with van der Waals surface area (Å²) in [7, 11) is 0. The van der Waals surface area contributed by atoms with Crippen LogP contribution in [0.3, 0.4) is 0 Å². The summed E-state index contributed by atoms with van der Waals surface area (Å²) in [4.78, 5) is 22.3.